The molecule has 0 spiro atoms. The molecule has 128 valence electrons. The molecule has 0 saturated carbocycles. The molecule has 3 heteroatoms. The van der Waals surface area contributed by atoms with Crippen molar-refractivity contribution in [1.29, 1.82) is 0 Å². The molecule has 0 bridgehead atoms. The van der Waals surface area contributed by atoms with Gasteiger partial charge < -0.3 is 9.64 Å². The van der Waals surface area contributed by atoms with Crippen LogP contribution in [0.15, 0.2) is 42.0 Å². The highest BCUT2D eigenvalue weighted by Gasteiger charge is 2.29. The zero-order valence-electron chi connectivity index (χ0n) is 14.8. The zero-order valence-corrected chi connectivity index (χ0v) is 14.8. The highest BCUT2D eigenvalue weighted by Crippen LogP contribution is 2.32. The number of rotatable bonds is 6. The highest BCUT2D eigenvalue weighted by molar-refractivity contribution is 5.79. The minimum Gasteiger partial charge on any atom is -0.496 e. The van der Waals surface area contributed by atoms with Crippen molar-refractivity contribution in [2.24, 2.45) is 0 Å². The number of aryl methyl sites for hydroxylation is 1. The Hall–Kier alpha value is -2.03. The number of fused-ring (bicyclic) bond motifs is 1. The molecule has 1 amide bonds. The van der Waals surface area contributed by atoms with Crippen molar-refractivity contribution in [3.05, 3.63) is 53.1 Å². The summed E-state index contributed by atoms with van der Waals surface area (Å²) >= 11 is 0. The minimum atomic E-state index is 0.273. The third kappa shape index (κ3) is 3.55. The lowest BCUT2D eigenvalue weighted by Crippen LogP contribution is -2.44. The molecule has 1 atom stereocenters. The van der Waals surface area contributed by atoms with Crippen molar-refractivity contribution < 1.29 is 9.53 Å². The standard InChI is InChI=1S/C21H27NO2/c1-3-13-22(21(23)14-16-7-4-5-8-16)18-12-11-17-9-6-10-20(24-2)19(17)15-18/h4-7,9-10,18H,3,8,11-15H2,1-2H3. The van der Waals surface area contributed by atoms with Crippen molar-refractivity contribution in [3.8, 4) is 5.75 Å². The second-order valence-electron chi connectivity index (χ2n) is 6.72. The number of carbonyl (C=O) groups is 1. The van der Waals surface area contributed by atoms with E-state index in [1.54, 1.807) is 7.11 Å². The van der Waals surface area contributed by atoms with Gasteiger partial charge in [-0.05, 0) is 49.3 Å². The normalized spacial score (nSPS) is 18.9. The van der Waals surface area contributed by atoms with E-state index in [0.717, 1.165) is 44.4 Å². The number of benzene rings is 1. The number of amides is 1. The lowest BCUT2D eigenvalue weighted by atomic mass is 9.86. The van der Waals surface area contributed by atoms with Crippen molar-refractivity contribution in [1.82, 2.24) is 4.90 Å². The highest BCUT2D eigenvalue weighted by atomic mass is 16.5. The number of methoxy groups -OCH3 is 1. The molecule has 0 aromatic heterocycles. The van der Waals surface area contributed by atoms with Crippen LogP contribution in [-0.4, -0.2) is 30.5 Å². The van der Waals surface area contributed by atoms with Crippen molar-refractivity contribution >= 4 is 5.91 Å². The number of hydrogen-bond donors (Lipinski definition) is 0. The van der Waals surface area contributed by atoms with E-state index >= 15 is 0 Å². The van der Waals surface area contributed by atoms with E-state index in [1.807, 2.05) is 6.07 Å². The smallest absolute Gasteiger partial charge is 0.226 e. The van der Waals surface area contributed by atoms with E-state index in [4.69, 9.17) is 4.74 Å². The van der Waals surface area contributed by atoms with Crippen LogP contribution in [0.2, 0.25) is 0 Å². The Morgan fingerprint density at radius 2 is 2.25 bits per heavy atom. The quantitative estimate of drug-likeness (QED) is 0.789. The van der Waals surface area contributed by atoms with Crippen LogP contribution in [0.1, 0.15) is 43.7 Å². The molecule has 1 unspecified atom stereocenters. The Balaban J connectivity index is 1.75. The maximum Gasteiger partial charge on any atom is 0.226 e. The van der Waals surface area contributed by atoms with Crippen LogP contribution in [0, 0.1) is 0 Å². The first-order chi connectivity index (χ1) is 11.7. The summed E-state index contributed by atoms with van der Waals surface area (Å²) in [5, 5.41) is 0. The Kier molecular flexibility index (Phi) is 5.39. The summed E-state index contributed by atoms with van der Waals surface area (Å²) in [6, 6.07) is 6.57. The maximum absolute atomic E-state index is 12.9. The lowest BCUT2D eigenvalue weighted by Gasteiger charge is -2.36. The Morgan fingerprint density at radius 3 is 2.96 bits per heavy atom. The summed E-state index contributed by atoms with van der Waals surface area (Å²) in [7, 11) is 1.73. The first-order valence-electron chi connectivity index (χ1n) is 9.01. The van der Waals surface area contributed by atoms with Gasteiger partial charge in [-0.15, -0.1) is 0 Å². The average molecular weight is 325 g/mol. The largest absolute Gasteiger partial charge is 0.496 e. The van der Waals surface area contributed by atoms with Crippen LogP contribution < -0.4 is 4.74 Å². The fraction of sp³-hybridized carbons (Fsp3) is 0.476. The molecule has 1 aromatic carbocycles. The van der Waals surface area contributed by atoms with Gasteiger partial charge in [0.25, 0.3) is 0 Å². The Bertz CT molecular complexity index is 646. The molecule has 3 nitrogen and oxygen atoms in total. The molecule has 0 fully saturated rings. The number of carbonyl (C=O) groups excluding carboxylic acids is 1. The zero-order chi connectivity index (χ0) is 16.9. The molecule has 0 aliphatic heterocycles. The van der Waals surface area contributed by atoms with Gasteiger partial charge in [-0.3, -0.25) is 4.79 Å². The molecular formula is C21H27NO2. The summed E-state index contributed by atoms with van der Waals surface area (Å²) in [6.07, 6.45) is 11.7. The number of hydrogen-bond acceptors (Lipinski definition) is 2. The van der Waals surface area contributed by atoms with Gasteiger partial charge in [-0.2, -0.15) is 0 Å². The third-order valence-electron chi connectivity index (χ3n) is 5.09. The molecule has 0 radical (unpaired) electrons. The van der Waals surface area contributed by atoms with Gasteiger partial charge in [0.2, 0.25) is 5.91 Å². The third-order valence-corrected chi connectivity index (χ3v) is 5.09. The van der Waals surface area contributed by atoms with Gasteiger partial charge in [0.05, 0.1) is 7.11 Å². The van der Waals surface area contributed by atoms with Gasteiger partial charge >= 0.3 is 0 Å². The molecule has 3 rings (SSSR count). The van der Waals surface area contributed by atoms with Crippen LogP contribution >= 0.6 is 0 Å². The molecule has 0 saturated heterocycles. The molecule has 2 aliphatic carbocycles. The summed E-state index contributed by atoms with van der Waals surface area (Å²) in [6.45, 7) is 2.99. The maximum atomic E-state index is 12.9. The second kappa shape index (κ2) is 7.69. The molecule has 0 N–H and O–H groups in total. The molecule has 1 aromatic rings. The monoisotopic (exact) mass is 325 g/mol. The van der Waals surface area contributed by atoms with Gasteiger partial charge in [0.15, 0.2) is 0 Å². The molecule has 24 heavy (non-hydrogen) atoms. The van der Waals surface area contributed by atoms with Crippen molar-refractivity contribution in [2.75, 3.05) is 13.7 Å². The SMILES string of the molecule is CCCN(C(=O)CC1=CC=CC1)C1CCc2cccc(OC)c2C1. The van der Waals surface area contributed by atoms with Crippen LogP contribution in [-0.2, 0) is 17.6 Å². The van der Waals surface area contributed by atoms with Crippen molar-refractivity contribution in [3.63, 3.8) is 0 Å². The van der Waals surface area contributed by atoms with E-state index in [-0.39, 0.29) is 11.9 Å². The van der Waals surface area contributed by atoms with Gasteiger partial charge in [0, 0.05) is 19.0 Å². The predicted molar refractivity (Wildman–Crippen MR) is 97.3 cm³/mol. The van der Waals surface area contributed by atoms with Crippen molar-refractivity contribution in [2.45, 2.75) is 51.5 Å². The van der Waals surface area contributed by atoms with Crippen LogP contribution in [0.5, 0.6) is 5.75 Å². The Morgan fingerprint density at radius 1 is 1.38 bits per heavy atom. The summed E-state index contributed by atoms with van der Waals surface area (Å²) in [5.41, 5.74) is 3.89. The fourth-order valence-electron chi connectivity index (χ4n) is 3.86. The molecule has 0 heterocycles. The average Bonchev–Trinajstić information content (AvgIpc) is 3.11. The lowest BCUT2D eigenvalue weighted by molar-refractivity contribution is -0.133. The van der Waals surface area contributed by atoms with Gasteiger partial charge in [0.1, 0.15) is 5.75 Å². The summed E-state index contributed by atoms with van der Waals surface area (Å²) in [5.74, 6) is 1.24. The van der Waals surface area contributed by atoms with E-state index in [2.05, 4.69) is 42.2 Å². The Labute approximate surface area is 145 Å². The van der Waals surface area contributed by atoms with Crippen LogP contribution in [0.3, 0.4) is 0 Å². The van der Waals surface area contributed by atoms with Crippen LogP contribution in [0.4, 0.5) is 0 Å². The summed E-state index contributed by atoms with van der Waals surface area (Å²) < 4.78 is 5.55. The van der Waals surface area contributed by atoms with E-state index in [0.29, 0.717) is 6.42 Å². The topological polar surface area (TPSA) is 29.5 Å². The van der Waals surface area contributed by atoms with E-state index in [9.17, 15) is 4.79 Å². The van der Waals surface area contributed by atoms with Gasteiger partial charge in [-0.25, -0.2) is 0 Å². The summed E-state index contributed by atoms with van der Waals surface area (Å²) in [4.78, 5) is 15.0. The first-order valence-corrected chi connectivity index (χ1v) is 9.01. The molecule has 2 aliphatic rings. The minimum absolute atomic E-state index is 0.273. The number of nitrogens with zero attached hydrogens (tertiary/aromatic N) is 1. The fourth-order valence-corrected chi connectivity index (χ4v) is 3.86. The van der Waals surface area contributed by atoms with E-state index < -0.39 is 0 Å². The number of ether oxygens (including phenoxy) is 1. The van der Waals surface area contributed by atoms with E-state index in [1.165, 1.54) is 16.7 Å². The number of allylic oxidation sites excluding steroid dienone is 3. The van der Waals surface area contributed by atoms with Gasteiger partial charge in [-0.1, -0.05) is 42.9 Å². The molecular weight excluding hydrogens is 298 g/mol. The second-order valence-corrected chi connectivity index (χ2v) is 6.72. The predicted octanol–water partition coefficient (Wildman–Crippen LogP) is 4.07. The van der Waals surface area contributed by atoms with Crippen LogP contribution in [0.25, 0.3) is 0 Å². The first kappa shape index (κ1) is 16.8.